The molecule has 1 N–H and O–H groups in total. The number of aromatic nitrogens is 2. The van der Waals surface area contributed by atoms with Crippen LogP contribution in [0.4, 0.5) is 0 Å². The van der Waals surface area contributed by atoms with E-state index < -0.39 is 0 Å². The molecule has 4 atom stereocenters. The summed E-state index contributed by atoms with van der Waals surface area (Å²) in [6.45, 7) is 0.926. The highest BCUT2D eigenvalue weighted by atomic mass is 15.2. The van der Waals surface area contributed by atoms with Crippen LogP contribution in [0, 0.1) is 11.8 Å². The van der Waals surface area contributed by atoms with Gasteiger partial charge < -0.3 is 9.88 Å². The van der Waals surface area contributed by atoms with Crippen molar-refractivity contribution in [3.8, 4) is 0 Å². The summed E-state index contributed by atoms with van der Waals surface area (Å²) in [6, 6.07) is 9.83. The lowest BCUT2D eigenvalue weighted by atomic mass is 10.0. The average Bonchev–Trinajstić information content (AvgIpc) is 3.18. The van der Waals surface area contributed by atoms with Crippen molar-refractivity contribution in [2.45, 2.75) is 44.3 Å². The summed E-state index contributed by atoms with van der Waals surface area (Å²) in [5.41, 5.74) is 2.22. The number of imidazole rings is 1. The highest BCUT2D eigenvalue weighted by molar-refractivity contribution is 5.74. The van der Waals surface area contributed by atoms with Crippen molar-refractivity contribution < 1.29 is 0 Å². The molecule has 4 nitrogen and oxygen atoms in total. The van der Waals surface area contributed by atoms with E-state index in [1.807, 2.05) is 0 Å². The molecular weight excluding hydrogens is 284 g/mol. The van der Waals surface area contributed by atoms with Gasteiger partial charge in [0.2, 0.25) is 0 Å². The Labute approximate surface area is 138 Å². The zero-order valence-corrected chi connectivity index (χ0v) is 14.5. The van der Waals surface area contributed by atoms with Crippen molar-refractivity contribution in [3.63, 3.8) is 0 Å². The molecule has 2 saturated carbocycles. The van der Waals surface area contributed by atoms with Gasteiger partial charge in [-0.1, -0.05) is 12.1 Å². The van der Waals surface area contributed by atoms with E-state index in [1.54, 1.807) is 0 Å². The Morgan fingerprint density at radius 1 is 1.00 bits per heavy atom. The second-order valence-corrected chi connectivity index (χ2v) is 7.85. The Kier molecular flexibility index (Phi) is 3.90. The largest absolute Gasteiger partial charge is 0.341 e. The van der Waals surface area contributed by atoms with Gasteiger partial charge in [0.1, 0.15) is 5.82 Å². The highest BCUT2D eigenvalue weighted by Gasteiger charge is 2.43. The van der Waals surface area contributed by atoms with Crippen molar-refractivity contribution in [1.82, 2.24) is 19.8 Å². The first-order valence-electron chi connectivity index (χ1n) is 8.90. The van der Waals surface area contributed by atoms with Crippen molar-refractivity contribution in [2.24, 2.45) is 11.8 Å². The van der Waals surface area contributed by atoms with Gasteiger partial charge in [-0.05, 0) is 70.8 Å². The molecule has 0 spiro atoms. The molecule has 1 aromatic carbocycles. The van der Waals surface area contributed by atoms with E-state index in [0.29, 0.717) is 0 Å². The van der Waals surface area contributed by atoms with E-state index in [1.165, 1.54) is 25.7 Å². The maximum atomic E-state index is 4.73. The molecule has 0 bridgehead atoms. The molecule has 2 aliphatic rings. The van der Waals surface area contributed by atoms with Crippen molar-refractivity contribution in [3.05, 3.63) is 30.1 Å². The third-order valence-corrected chi connectivity index (χ3v) is 6.16. The minimum Gasteiger partial charge on any atom is -0.341 e. The first-order chi connectivity index (χ1) is 11.1. The van der Waals surface area contributed by atoms with Crippen LogP contribution in [0.2, 0.25) is 0 Å². The van der Waals surface area contributed by atoms with E-state index in [9.17, 15) is 0 Å². The summed E-state index contributed by atoms with van der Waals surface area (Å²) >= 11 is 0. The minimum atomic E-state index is 0.723. The number of hydrogen-bond donors (Lipinski definition) is 1. The van der Waals surface area contributed by atoms with Crippen LogP contribution in [-0.4, -0.2) is 53.0 Å². The monoisotopic (exact) mass is 312 g/mol. The lowest BCUT2D eigenvalue weighted by molar-refractivity contribution is 0.208. The first kappa shape index (κ1) is 15.2. The van der Waals surface area contributed by atoms with E-state index in [-0.39, 0.29) is 0 Å². The first-order valence-corrected chi connectivity index (χ1v) is 8.90. The Morgan fingerprint density at radius 2 is 1.65 bits per heavy atom. The number of para-hydroxylation sites is 2. The number of H-pyrrole nitrogens is 1. The molecule has 124 valence electrons. The van der Waals surface area contributed by atoms with Crippen molar-refractivity contribution >= 4 is 11.0 Å². The zero-order chi connectivity index (χ0) is 16.0. The lowest BCUT2D eigenvalue weighted by Crippen LogP contribution is -2.31. The Morgan fingerprint density at radius 3 is 2.30 bits per heavy atom. The van der Waals surface area contributed by atoms with Crippen molar-refractivity contribution in [2.75, 3.05) is 21.1 Å². The van der Waals surface area contributed by atoms with E-state index in [4.69, 9.17) is 4.98 Å². The van der Waals surface area contributed by atoms with Crippen LogP contribution in [0.1, 0.15) is 31.5 Å². The Bertz CT molecular complexity index is 630. The van der Waals surface area contributed by atoms with Gasteiger partial charge in [-0.25, -0.2) is 4.98 Å². The number of rotatable bonds is 4. The quantitative estimate of drug-likeness (QED) is 0.942. The molecule has 2 aliphatic carbocycles. The third-order valence-electron chi connectivity index (χ3n) is 6.16. The lowest BCUT2D eigenvalue weighted by Gasteiger charge is -2.26. The number of nitrogens with zero attached hydrogens (tertiary/aromatic N) is 3. The topological polar surface area (TPSA) is 35.2 Å². The van der Waals surface area contributed by atoms with E-state index >= 15 is 0 Å². The molecular formula is C19H28N4. The smallest absolute Gasteiger partial charge is 0.121 e. The highest BCUT2D eigenvalue weighted by Crippen LogP contribution is 2.46. The molecule has 23 heavy (non-hydrogen) atoms. The molecule has 4 heteroatoms. The van der Waals surface area contributed by atoms with Gasteiger partial charge in [0.25, 0.3) is 0 Å². The molecule has 0 saturated heterocycles. The normalized spacial score (nSPS) is 30.7. The fourth-order valence-corrected chi connectivity index (χ4v) is 4.78. The molecule has 1 heterocycles. The second-order valence-electron chi connectivity index (χ2n) is 7.85. The average molecular weight is 312 g/mol. The third kappa shape index (κ3) is 2.90. The maximum Gasteiger partial charge on any atom is 0.121 e. The van der Waals surface area contributed by atoms with Crippen LogP contribution in [0.5, 0.6) is 0 Å². The number of fused-ring (bicyclic) bond motifs is 2. The molecule has 1 aromatic heterocycles. The van der Waals surface area contributed by atoms with Gasteiger partial charge >= 0.3 is 0 Å². The van der Waals surface area contributed by atoms with Gasteiger partial charge in [0.05, 0.1) is 17.6 Å². The standard InChI is InChI=1S/C19H28N4/c1-22(2)15-8-13-10-16(11-14(13)9-15)23(3)12-19-20-17-6-4-5-7-18(17)21-19/h4-7,13-16H,8-12H2,1-3H3,(H,20,21)/t13-,14+,15?,16?. The summed E-state index contributed by atoms with van der Waals surface area (Å²) in [6.07, 6.45) is 5.52. The van der Waals surface area contributed by atoms with Gasteiger partial charge in [0.15, 0.2) is 0 Å². The summed E-state index contributed by atoms with van der Waals surface area (Å²) in [7, 11) is 6.73. The fraction of sp³-hybridized carbons (Fsp3) is 0.632. The number of hydrogen-bond acceptors (Lipinski definition) is 3. The molecule has 0 radical (unpaired) electrons. The summed E-state index contributed by atoms with van der Waals surface area (Å²) < 4.78 is 0. The number of aromatic amines is 1. The second kappa shape index (κ2) is 5.91. The predicted octanol–water partition coefficient (Wildman–Crippen LogP) is 3.11. The van der Waals surface area contributed by atoms with Gasteiger partial charge in [-0.15, -0.1) is 0 Å². The van der Waals surface area contributed by atoms with Crippen LogP contribution in [-0.2, 0) is 6.54 Å². The SMILES string of the molecule is CN(C)C1C[C@@H]2CC(N(C)Cc3nc4ccccc4[nH]3)C[C@@H]2C1. The van der Waals surface area contributed by atoms with Crippen LogP contribution in [0.15, 0.2) is 24.3 Å². The molecule has 0 aliphatic heterocycles. The molecule has 4 rings (SSSR count). The van der Waals surface area contributed by atoms with E-state index in [0.717, 1.165) is 47.3 Å². The molecule has 2 aromatic rings. The number of nitrogens with one attached hydrogen (secondary N) is 1. The van der Waals surface area contributed by atoms with E-state index in [2.05, 4.69) is 60.2 Å². The molecule has 2 unspecified atom stereocenters. The molecule has 2 fully saturated rings. The molecule has 0 amide bonds. The zero-order valence-electron chi connectivity index (χ0n) is 14.5. The van der Waals surface area contributed by atoms with Crippen LogP contribution < -0.4 is 0 Å². The van der Waals surface area contributed by atoms with Crippen LogP contribution in [0.25, 0.3) is 11.0 Å². The summed E-state index contributed by atoms with van der Waals surface area (Å²) in [4.78, 5) is 13.1. The van der Waals surface area contributed by atoms with Gasteiger partial charge in [-0.3, -0.25) is 4.90 Å². The summed E-state index contributed by atoms with van der Waals surface area (Å²) in [5, 5.41) is 0. The van der Waals surface area contributed by atoms with Crippen molar-refractivity contribution in [1.29, 1.82) is 0 Å². The maximum absolute atomic E-state index is 4.73. The predicted molar refractivity (Wildman–Crippen MR) is 94.3 cm³/mol. The van der Waals surface area contributed by atoms with Gasteiger partial charge in [-0.2, -0.15) is 0 Å². The Hall–Kier alpha value is -1.39. The minimum absolute atomic E-state index is 0.723. The van der Waals surface area contributed by atoms with Gasteiger partial charge in [0, 0.05) is 12.1 Å². The van der Waals surface area contributed by atoms with Crippen LogP contribution >= 0.6 is 0 Å². The summed E-state index contributed by atoms with van der Waals surface area (Å²) in [5.74, 6) is 2.97. The van der Waals surface area contributed by atoms with Crippen LogP contribution in [0.3, 0.4) is 0 Å². The Balaban J connectivity index is 1.38. The fourth-order valence-electron chi connectivity index (χ4n) is 4.78. The number of benzene rings is 1.